The van der Waals surface area contributed by atoms with Crippen molar-refractivity contribution in [2.75, 3.05) is 16.3 Å². The number of rotatable bonds is 4. The van der Waals surface area contributed by atoms with E-state index in [1.807, 2.05) is 37.3 Å². The zero-order valence-corrected chi connectivity index (χ0v) is 13.5. The molecule has 0 saturated heterocycles. The first-order chi connectivity index (χ1) is 9.33. The Balaban J connectivity index is 2.14. The van der Waals surface area contributed by atoms with Crippen molar-refractivity contribution in [1.82, 2.24) is 0 Å². The molecule has 0 aliphatic heterocycles. The van der Waals surface area contributed by atoms with Crippen molar-refractivity contribution in [3.63, 3.8) is 0 Å². The van der Waals surface area contributed by atoms with Gasteiger partial charge in [0.05, 0.1) is 6.26 Å². The van der Waals surface area contributed by atoms with Crippen LogP contribution >= 0.6 is 15.9 Å². The van der Waals surface area contributed by atoms with Gasteiger partial charge in [-0.1, -0.05) is 15.9 Å². The van der Waals surface area contributed by atoms with Crippen LogP contribution in [0.2, 0.25) is 0 Å². The van der Waals surface area contributed by atoms with Crippen LogP contribution < -0.4 is 10.0 Å². The highest BCUT2D eigenvalue weighted by atomic mass is 79.9. The van der Waals surface area contributed by atoms with E-state index >= 15 is 0 Å². The summed E-state index contributed by atoms with van der Waals surface area (Å²) in [5.41, 5.74) is 3.58. The number of benzene rings is 2. The molecule has 2 aromatic carbocycles. The zero-order valence-electron chi connectivity index (χ0n) is 11.1. The van der Waals surface area contributed by atoms with E-state index in [1.165, 1.54) is 0 Å². The number of nitrogens with one attached hydrogen (secondary N) is 2. The smallest absolute Gasteiger partial charge is 0.229 e. The van der Waals surface area contributed by atoms with Crippen LogP contribution in [0.3, 0.4) is 0 Å². The monoisotopic (exact) mass is 354 g/mol. The van der Waals surface area contributed by atoms with Crippen LogP contribution in [0.1, 0.15) is 5.56 Å². The lowest BCUT2D eigenvalue weighted by Crippen LogP contribution is -2.09. The van der Waals surface area contributed by atoms with Gasteiger partial charge in [0.1, 0.15) is 0 Å². The van der Waals surface area contributed by atoms with Crippen LogP contribution in [0, 0.1) is 6.92 Å². The molecule has 0 fully saturated rings. The lowest BCUT2D eigenvalue weighted by molar-refractivity contribution is 0.607. The summed E-state index contributed by atoms with van der Waals surface area (Å²) in [6, 6.07) is 13.1. The van der Waals surface area contributed by atoms with Crippen LogP contribution in [0.5, 0.6) is 0 Å². The Hall–Kier alpha value is -1.53. The fourth-order valence-electron chi connectivity index (χ4n) is 1.76. The van der Waals surface area contributed by atoms with Crippen molar-refractivity contribution in [1.29, 1.82) is 0 Å². The van der Waals surface area contributed by atoms with Gasteiger partial charge in [-0.05, 0) is 55.0 Å². The standard InChI is InChI=1S/C14H15BrN2O2S/c1-10-9-11(15)3-8-14(10)16-12-4-6-13(7-5-12)17-20(2,18)19/h3-9,16-17H,1-2H3. The third-order valence-electron chi connectivity index (χ3n) is 2.66. The van der Waals surface area contributed by atoms with Gasteiger partial charge < -0.3 is 5.32 Å². The Kier molecular flexibility index (Phi) is 4.35. The molecule has 0 unspecified atom stereocenters. The molecule has 106 valence electrons. The van der Waals surface area contributed by atoms with Gasteiger partial charge in [-0.15, -0.1) is 0 Å². The van der Waals surface area contributed by atoms with Crippen LogP contribution in [0.4, 0.5) is 17.1 Å². The Morgan fingerprint density at radius 2 is 1.60 bits per heavy atom. The maximum atomic E-state index is 11.1. The molecule has 2 aromatic rings. The van der Waals surface area contributed by atoms with E-state index in [0.717, 1.165) is 27.7 Å². The minimum absolute atomic E-state index is 0.547. The minimum atomic E-state index is -3.24. The Bertz CT molecular complexity index is 712. The first-order valence-corrected chi connectivity index (χ1v) is 8.63. The van der Waals surface area contributed by atoms with Crippen LogP contribution in [0.15, 0.2) is 46.9 Å². The molecule has 20 heavy (non-hydrogen) atoms. The normalized spacial score (nSPS) is 11.2. The summed E-state index contributed by atoms with van der Waals surface area (Å²) in [7, 11) is -3.24. The van der Waals surface area contributed by atoms with Crippen molar-refractivity contribution in [3.8, 4) is 0 Å². The van der Waals surface area contributed by atoms with Crippen molar-refractivity contribution in [2.24, 2.45) is 0 Å². The molecule has 2 rings (SSSR count). The number of anilines is 3. The quantitative estimate of drug-likeness (QED) is 0.875. The van der Waals surface area contributed by atoms with Gasteiger partial charge in [0, 0.05) is 21.5 Å². The van der Waals surface area contributed by atoms with Gasteiger partial charge in [0.25, 0.3) is 0 Å². The maximum absolute atomic E-state index is 11.1. The van der Waals surface area contributed by atoms with Crippen molar-refractivity contribution in [3.05, 3.63) is 52.5 Å². The number of aryl methyl sites for hydroxylation is 1. The fraction of sp³-hybridized carbons (Fsp3) is 0.143. The summed E-state index contributed by atoms with van der Waals surface area (Å²) in [4.78, 5) is 0. The molecule has 0 aromatic heterocycles. The van der Waals surface area contributed by atoms with Crippen LogP contribution in [0.25, 0.3) is 0 Å². The second-order valence-electron chi connectivity index (χ2n) is 4.54. The Labute approximate surface area is 127 Å². The average molecular weight is 355 g/mol. The number of sulfonamides is 1. The van der Waals surface area contributed by atoms with Crippen LogP contribution in [-0.4, -0.2) is 14.7 Å². The summed E-state index contributed by atoms with van der Waals surface area (Å²) >= 11 is 3.43. The number of hydrogen-bond acceptors (Lipinski definition) is 3. The van der Waals surface area contributed by atoms with Crippen molar-refractivity contribution in [2.45, 2.75) is 6.92 Å². The molecular formula is C14H15BrN2O2S. The van der Waals surface area contributed by atoms with Gasteiger partial charge in [0.15, 0.2) is 0 Å². The lowest BCUT2D eigenvalue weighted by Gasteiger charge is -2.11. The van der Waals surface area contributed by atoms with E-state index in [-0.39, 0.29) is 0 Å². The van der Waals surface area contributed by atoms with E-state index in [9.17, 15) is 8.42 Å². The largest absolute Gasteiger partial charge is 0.355 e. The summed E-state index contributed by atoms with van der Waals surface area (Å²) < 4.78 is 25.7. The lowest BCUT2D eigenvalue weighted by atomic mass is 10.2. The molecule has 0 aliphatic carbocycles. The highest BCUT2D eigenvalue weighted by molar-refractivity contribution is 9.10. The molecule has 4 nitrogen and oxygen atoms in total. The van der Waals surface area contributed by atoms with Crippen molar-refractivity contribution < 1.29 is 8.42 Å². The summed E-state index contributed by atoms with van der Waals surface area (Å²) in [6.45, 7) is 2.02. The van der Waals surface area contributed by atoms with Crippen LogP contribution in [-0.2, 0) is 10.0 Å². The maximum Gasteiger partial charge on any atom is 0.229 e. The molecule has 0 heterocycles. The van der Waals surface area contributed by atoms with Gasteiger partial charge in [-0.3, -0.25) is 4.72 Å². The van der Waals surface area contributed by atoms with Gasteiger partial charge in [-0.25, -0.2) is 8.42 Å². The predicted molar refractivity (Wildman–Crippen MR) is 87.1 cm³/mol. The molecule has 0 atom stereocenters. The molecule has 0 saturated carbocycles. The third-order valence-corrected chi connectivity index (χ3v) is 3.76. The second kappa shape index (κ2) is 5.85. The van der Waals surface area contributed by atoms with E-state index in [4.69, 9.17) is 0 Å². The zero-order chi connectivity index (χ0) is 14.8. The Morgan fingerprint density at radius 1 is 1.00 bits per heavy atom. The molecule has 6 heteroatoms. The second-order valence-corrected chi connectivity index (χ2v) is 7.20. The van der Waals surface area contributed by atoms with E-state index in [0.29, 0.717) is 5.69 Å². The van der Waals surface area contributed by atoms with Crippen molar-refractivity contribution >= 4 is 43.0 Å². The highest BCUT2D eigenvalue weighted by Gasteiger charge is 2.03. The Morgan fingerprint density at radius 3 is 2.15 bits per heavy atom. The van der Waals surface area contributed by atoms with E-state index in [2.05, 4.69) is 26.0 Å². The van der Waals surface area contributed by atoms with E-state index in [1.54, 1.807) is 12.1 Å². The van der Waals surface area contributed by atoms with Gasteiger partial charge >= 0.3 is 0 Å². The molecule has 2 N–H and O–H groups in total. The van der Waals surface area contributed by atoms with Gasteiger partial charge in [0.2, 0.25) is 10.0 Å². The molecular weight excluding hydrogens is 340 g/mol. The summed E-state index contributed by atoms with van der Waals surface area (Å²) in [6.07, 6.45) is 1.13. The van der Waals surface area contributed by atoms with E-state index < -0.39 is 10.0 Å². The summed E-state index contributed by atoms with van der Waals surface area (Å²) in [5, 5.41) is 3.29. The summed E-state index contributed by atoms with van der Waals surface area (Å²) in [5.74, 6) is 0. The number of halogens is 1. The first kappa shape index (κ1) is 14.9. The third kappa shape index (κ3) is 4.25. The number of hydrogen-bond donors (Lipinski definition) is 2. The van der Waals surface area contributed by atoms with Gasteiger partial charge in [-0.2, -0.15) is 0 Å². The predicted octanol–water partition coefficient (Wildman–Crippen LogP) is 3.87. The minimum Gasteiger partial charge on any atom is -0.355 e. The molecule has 0 aliphatic rings. The molecule has 0 radical (unpaired) electrons. The molecule has 0 amide bonds. The fourth-order valence-corrected chi connectivity index (χ4v) is 2.80. The SMILES string of the molecule is Cc1cc(Br)ccc1Nc1ccc(NS(C)(=O)=O)cc1. The molecule has 0 bridgehead atoms. The highest BCUT2D eigenvalue weighted by Crippen LogP contribution is 2.24. The average Bonchev–Trinajstić information content (AvgIpc) is 2.33. The molecule has 0 spiro atoms. The first-order valence-electron chi connectivity index (χ1n) is 5.94. The topological polar surface area (TPSA) is 58.2 Å².